The number of hydrogen-bond donors (Lipinski definition) is 1. The predicted octanol–water partition coefficient (Wildman–Crippen LogP) is 3.12. The first kappa shape index (κ1) is 12.2. The average molecular weight is 248 g/mol. The number of phenolic OH excluding ortho intramolecular Hbond substituents is 1. The van der Waals surface area contributed by atoms with Gasteiger partial charge in [0.25, 0.3) is 0 Å². The molecule has 0 aliphatic rings. The van der Waals surface area contributed by atoms with Crippen molar-refractivity contribution in [3.63, 3.8) is 0 Å². The number of ether oxygens (including phenoxy) is 2. The second-order valence-corrected chi connectivity index (χ2v) is 3.71. The van der Waals surface area contributed by atoms with E-state index in [-0.39, 0.29) is 18.2 Å². The van der Waals surface area contributed by atoms with Crippen LogP contribution in [0.15, 0.2) is 42.5 Å². The minimum Gasteiger partial charge on any atom is -0.504 e. The molecule has 0 aliphatic carbocycles. The predicted molar refractivity (Wildman–Crippen MR) is 65.4 cm³/mol. The summed E-state index contributed by atoms with van der Waals surface area (Å²) in [4.78, 5) is 0. The summed E-state index contributed by atoms with van der Waals surface area (Å²) in [6.45, 7) is 0.110. The van der Waals surface area contributed by atoms with Crippen molar-refractivity contribution < 1.29 is 19.0 Å². The summed E-state index contributed by atoms with van der Waals surface area (Å²) in [6.07, 6.45) is 0. The van der Waals surface area contributed by atoms with E-state index in [9.17, 15) is 9.50 Å². The van der Waals surface area contributed by atoms with E-state index in [0.717, 1.165) is 0 Å². The summed E-state index contributed by atoms with van der Waals surface area (Å²) in [6, 6.07) is 11.1. The smallest absolute Gasteiger partial charge is 0.161 e. The zero-order chi connectivity index (χ0) is 13.0. The molecule has 0 amide bonds. The second kappa shape index (κ2) is 5.40. The maximum absolute atomic E-state index is 13.3. The van der Waals surface area contributed by atoms with Crippen molar-refractivity contribution in [2.24, 2.45) is 0 Å². The summed E-state index contributed by atoms with van der Waals surface area (Å²) in [5.41, 5.74) is 0.466. The van der Waals surface area contributed by atoms with E-state index < -0.39 is 0 Å². The maximum atomic E-state index is 13.3. The monoisotopic (exact) mass is 248 g/mol. The van der Waals surface area contributed by atoms with Crippen molar-refractivity contribution in [1.82, 2.24) is 0 Å². The average Bonchev–Trinajstić information content (AvgIpc) is 2.38. The highest BCUT2D eigenvalue weighted by Crippen LogP contribution is 2.30. The largest absolute Gasteiger partial charge is 0.504 e. The molecule has 0 unspecified atom stereocenters. The molecule has 0 fully saturated rings. The minimum absolute atomic E-state index is 0.0106. The summed E-state index contributed by atoms with van der Waals surface area (Å²) >= 11 is 0. The third-order valence-corrected chi connectivity index (χ3v) is 2.50. The third-order valence-electron chi connectivity index (χ3n) is 2.50. The minimum atomic E-state index is -0.310. The first-order valence-corrected chi connectivity index (χ1v) is 5.44. The highest BCUT2D eigenvalue weighted by molar-refractivity contribution is 5.44. The van der Waals surface area contributed by atoms with E-state index in [1.54, 1.807) is 30.3 Å². The van der Waals surface area contributed by atoms with Crippen LogP contribution in [0.25, 0.3) is 0 Å². The molecule has 0 radical (unpaired) electrons. The second-order valence-electron chi connectivity index (χ2n) is 3.71. The Hall–Kier alpha value is -2.23. The molecule has 0 saturated carbocycles. The molecule has 0 heterocycles. The van der Waals surface area contributed by atoms with Crippen molar-refractivity contribution in [2.45, 2.75) is 6.61 Å². The van der Waals surface area contributed by atoms with Gasteiger partial charge in [0.05, 0.1) is 7.11 Å². The number of benzene rings is 2. The van der Waals surface area contributed by atoms with Gasteiger partial charge in [-0.2, -0.15) is 0 Å². The third kappa shape index (κ3) is 2.71. The summed E-state index contributed by atoms with van der Waals surface area (Å²) in [5, 5.41) is 9.56. The number of phenols is 1. The van der Waals surface area contributed by atoms with E-state index in [4.69, 9.17) is 9.47 Å². The number of methoxy groups -OCH3 is 1. The first-order valence-electron chi connectivity index (χ1n) is 5.44. The normalized spacial score (nSPS) is 10.1. The van der Waals surface area contributed by atoms with Crippen LogP contribution < -0.4 is 9.47 Å². The van der Waals surface area contributed by atoms with Crippen molar-refractivity contribution in [2.75, 3.05) is 7.11 Å². The van der Waals surface area contributed by atoms with Gasteiger partial charge in [0.1, 0.15) is 18.2 Å². The van der Waals surface area contributed by atoms with Crippen LogP contribution in [0.4, 0.5) is 4.39 Å². The van der Waals surface area contributed by atoms with Crippen molar-refractivity contribution >= 4 is 0 Å². The van der Waals surface area contributed by atoms with Gasteiger partial charge in [-0.3, -0.25) is 0 Å². The van der Waals surface area contributed by atoms with Crippen molar-refractivity contribution in [1.29, 1.82) is 0 Å². The van der Waals surface area contributed by atoms with E-state index in [1.165, 1.54) is 19.2 Å². The van der Waals surface area contributed by atoms with Gasteiger partial charge in [0.15, 0.2) is 11.5 Å². The zero-order valence-electron chi connectivity index (χ0n) is 9.89. The fourth-order valence-corrected chi connectivity index (χ4v) is 1.54. The summed E-state index contributed by atoms with van der Waals surface area (Å²) in [5.74, 6) is 0.503. The Morgan fingerprint density at radius 1 is 1.17 bits per heavy atom. The lowest BCUT2D eigenvalue weighted by atomic mass is 10.2. The zero-order valence-corrected chi connectivity index (χ0v) is 9.89. The number of halogens is 1. The van der Waals surface area contributed by atoms with Crippen LogP contribution in [-0.2, 0) is 6.61 Å². The van der Waals surface area contributed by atoms with Gasteiger partial charge in [0.2, 0.25) is 0 Å². The highest BCUT2D eigenvalue weighted by atomic mass is 19.1. The van der Waals surface area contributed by atoms with E-state index in [1.807, 2.05) is 0 Å². The van der Waals surface area contributed by atoms with Crippen LogP contribution >= 0.6 is 0 Å². The Labute approximate surface area is 104 Å². The molecule has 0 aliphatic heterocycles. The van der Waals surface area contributed by atoms with Crippen molar-refractivity contribution in [3.05, 3.63) is 53.8 Å². The molecule has 94 valence electrons. The number of rotatable bonds is 4. The molecule has 2 aromatic carbocycles. The Morgan fingerprint density at radius 2 is 1.94 bits per heavy atom. The molecule has 4 heteroatoms. The van der Waals surface area contributed by atoms with Crippen LogP contribution in [0.5, 0.6) is 17.2 Å². The van der Waals surface area contributed by atoms with E-state index in [0.29, 0.717) is 17.1 Å². The lowest BCUT2D eigenvalue weighted by Gasteiger charge is -2.09. The molecule has 18 heavy (non-hydrogen) atoms. The van der Waals surface area contributed by atoms with Gasteiger partial charge >= 0.3 is 0 Å². The Kier molecular flexibility index (Phi) is 3.67. The Bertz CT molecular complexity index is 540. The summed E-state index contributed by atoms with van der Waals surface area (Å²) < 4.78 is 23.7. The SMILES string of the molecule is COc1ccc(OCc2ccccc2F)cc1O. The van der Waals surface area contributed by atoms with Gasteiger partial charge in [0, 0.05) is 11.6 Å². The maximum Gasteiger partial charge on any atom is 0.161 e. The molecule has 0 aromatic heterocycles. The number of aromatic hydroxyl groups is 1. The van der Waals surface area contributed by atoms with Gasteiger partial charge in [-0.15, -0.1) is 0 Å². The lowest BCUT2D eigenvalue weighted by molar-refractivity contribution is 0.296. The standard InChI is InChI=1S/C14H13FO3/c1-17-14-7-6-11(8-13(14)16)18-9-10-4-2-3-5-12(10)15/h2-8,16H,9H2,1H3. The fraction of sp³-hybridized carbons (Fsp3) is 0.143. The molecular weight excluding hydrogens is 235 g/mol. The van der Waals surface area contributed by atoms with Crippen molar-refractivity contribution in [3.8, 4) is 17.2 Å². The highest BCUT2D eigenvalue weighted by Gasteiger charge is 2.05. The fourth-order valence-electron chi connectivity index (χ4n) is 1.54. The quantitative estimate of drug-likeness (QED) is 0.903. The first-order chi connectivity index (χ1) is 8.70. The van der Waals surface area contributed by atoms with E-state index in [2.05, 4.69) is 0 Å². The van der Waals surface area contributed by atoms with E-state index >= 15 is 0 Å². The molecule has 0 atom stereocenters. The van der Waals surface area contributed by atoms with Crippen LogP contribution in [-0.4, -0.2) is 12.2 Å². The van der Waals surface area contributed by atoms with Crippen LogP contribution in [0.2, 0.25) is 0 Å². The van der Waals surface area contributed by atoms with Crippen LogP contribution in [0.1, 0.15) is 5.56 Å². The van der Waals surface area contributed by atoms with Crippen LogP contribution in [0.3, 0.4) is 0 Å². The molecular formula is C14H13FO3. The summed E-state index contributed by atoms with van der Waals surface area (Å²) in [7, 11) is 1.47. The molecule has 2 rings (SSSR count). The Morgan fingerprint density at radius 3 is 2.61 bits per heavy atom. The number of hydrogen-bond acceptors (Lipinski definition) is 3. The topological polar surface area (TPSA) is 38.7 Å². The van der Waals surface area contributed by atoms with Gasteiger partial charge < -0.3 is 14.6 Å². The molecule has 0 saturated heterocycles. The van der Waals surface area contributed by atoms with Gasteiger partial charge in [-0.1, -0.05) is 18.2 Å². The molecule has 1 N–H and O–H groups in total. The Balaban J connectivity index is 2.07. The molecule has 0 spiro atoms. The lowest BCUT2D eigenvalue weighted by Crippen LogP contribution is -1.98. The molecule has 0 bridgehead atoms. The van der Waals surface area contributed by atoms with Crippen LogP contribution in [0, 0.1) is 5.82 Å². The molecule has 3 nitrogen and oxygen atoms in total. The van der Waals surface area contributed by atoms with Gasteiger partial charge in [-0.25, -0.2) is 4.39 Å². The molecule has 2 aromatic rings. The van der Waals surface area contributed by atoms with Gasteiger partial charge in [-0.05, 0) is 18.2 Å².